The molecule has 0 saturated carbocycles. The number of benzene rings is 4. The molecule has 0 aliphatic carbocycles. The molecule has 0 saturated heterocycles. The van der Waals surface area contributed by atoms with Crippen LogP contribution in [0.4, 0.5) is 0 Å². The first-order chi connectivity index (χ1) is 25.8. The number of methoxy groups -OCH3 is 12. The zero-order chi connectivity index (χ0) is 38.8. The maximum absolute atomic E-state index is 6.20. The van der Waals surface area contributed by atoms with Gasteiger partial charge in [-0.15, -0.1) is 0 Å². The van der Waals surface area contributed by atoms with Gasteiger partial charge in [-0.05, 0) is 70.8 Å². The van der Waals surface area contributed by atoms with E-state index in [2.05, 4.69) is 6.92 Å². The molecule has 4 aromatic carbocycles. The van der Waals surface area contributed by atoms with Crippen molar-refractivity contribution in [2.24, 2.45) is 0 Å². The van der Waals surface area contributed by atoms with Crippen LogP contribution in [0, 0.1) is 0 Å². The maximum Gasteiger partial charge on any atom is 0.203 e. The van der Waals surface area contributed by atoms with Gasteiger partial charge in [0.2, 0.25) is 23.0 Å². The Morgan fingerprint density at radius 2 is 0.528 bits per heavy atom. The van der Waals surface area contributed by atoms with E-state index in [0.29, 0.717) is 75.4 Å². The van der Waals surface area contributed by atoms with E-state index in [1.165, 1.54) is 0 Å². The topological polar surface area (TPSA) is 111 Å². The van der Waals surface area contributed by atoms with Gasteiger partial charge in [-0.1, -0.05) is 6.92 Å². The highest BCUT2D eigenvalue weighted by molar-refractivity contribution is 7.90. The van der Waals surface area contributed by atoms with Crippen LogP contribution in [0.15, 0.2) is 48.5 Å². The van der Waals surface area contributed by atoms with Crippen molar-refractivity contribution >= 4 is 37.1 Å². The molecular formula is C39H50O12P2. The smallest absolute Gasteiger partial charge is 0.203 e. The van der Waals surface area contributed by atoms with Crippen molar-refractivity contribution in [3.05, 3.63) is 48.5 Å². The zero-order valence-electron chi connectivity index (χ0n) is 32.7. The van der Waals surface area contributed by atoms with Gasteiger partial charge in [0.15, 0.2) is 46.0 Å². The molecule has 288 valence electrons. The van der Waals surface area contributed by atoms with Crippen molar-refractivity contribution in [2.75, 3.05) is 85.3 Å². The van der Waals surface area contributed by atoms with E-state index in [0.717, 1.165) is 21.2 Å². The standard InChI is InChI=1S/C39H50O12P2/c1-14-31(52(27-19-15-23(40-2)32(44-6)36(27)48-10)28-20-16-24(41-3)33(45-7)37(28)49-11)53(29-21-17-25(42-4)34(46-8)38(29)50-12)30-22-18-26(43-5)35(47-9)39(30)51-13/h15-22,31H,14H2,1-13H3. The van der Waals surface area contributed by atoms with Crippen LogP contribution in [-0.4, -0.2) is 90.7 Å². The molecule has 4 aromatic rings. The van der Waals surface area contributed by atoms with E-state index in [9.17, 15) is 0 Å². The van der Waals surface area contributed by atoms with Crippen molar-refractivity contribution in [1.29, 1.82) is 0 Å². The van der Waals surface area contributed by atoms with E-state index >= 15 is 0 Å². The Bertz CT molecular complexity index is 1590. The SMILES string of the molecule is CCC(P(c1ccc(OC)c(OC)c1OC)c1ccc(OC)c(OC)c1OC)P(c1ccc(OC)c(OC)c1OC)c1ccc(OC)c(OC)c1OC. The van der Waals surface area contributed by atoms with Gasteiger partial charge in [-0.25, -0.2) is 0 Å². The maximum atomic E-state index is 6.20. The molecule has 0 radical (unpaired) electrons. The highest BCUT2D eigenvalue weighted by Crippen LogP contribution is 2.64. The first kappa shape index (κ1) is 41.1. The summed E-state index contributed by atoms with van der Waals surface area (Å²) in [7, 11) is 16.3. The lowest BCUT2D eigenvalue weighted by atomic mass is 10.3. The first-order valence-electron chi connectivity index (χ1n) is 16.5. The molecule has 0 aliphatic rings. The second-order valence-electron chi connectivity index (χ2n) is 11.0. The summed E-state index contributed by atoms with van der Waals surface area (Å²) < 4.78 is 71.4. The first-order valence-corrected chi connectivity index (χ1v) is 19.3. The quantitative estimate of drug-likeness (QED) is 0.103. The third-order valence-electron chi connectivity index (χ3n) is 8.73. The van der Waals surface area contributed by atoms with Crippen LogP contribution in [-0.2, 0) is 0 Å². The van der Waals surface area contributed by atoms with Gasteiger partial charge >= 0.3 is 0 Å². The molecule has 0 amide bonds. The molecule has 12 nitrogen and oxygen atoms in total. The van der Waals surface area contributed by atoms with Gasteiger partial charge < -0.3 is 56.8 Å². The number of hydrogen-bond acceptors (Lipinski definition) is 12. The van der Waals surface area contributed by atoms with Crippen LogP contribution in [0.2, 0.25) is 0 Å². The number of hydrogen-bond donors (Lipinski definition) is 0. The Kier molecular flexibility index (Phi) is 14.7. The Hall–Kier alpha value is -4.66. The molecule has 0 bridgehead atoms. The minimum absolute atomic E-state index is 0.182. The average Bonchev–Trinajstić information content (AvgIpc) is 3.21. The number of rotatable bonds is 19. The Morgan fingerprint density at radius 1 is 0.321 bits per heavy atom. The zero-order valence-corrected chi connectivity index (χ0v) is 34.5. The Morgan fingerprint density at radius 3 is 0.679 bits per heavy atom. The van der Waals surface area contributed by atoms with E-state index in [1.54, 1.807) is 85.3 Å². The third-order valence-corrected chi connectivity index (χ3v) is 15.5. The molecule has 0 N–H and O–H groups in total. The van der Waals surface area contributed by atoms with Gasteiger partial charge in [0.25, 0.3) is 0 Å². The predicted octanol–water partition coefficient (Wildman–Crippen LogP) is 6.09. The van der Waals surface area contributed by atoms with E-state index < -0.39 is 15.8 Å². The summed E-state index contributed by atoms with van der Waals surface area (Å²) in [5.41, 5.74) is 0. The predicted molar refractivity (Wildman–Crippen MR) is 211 cm³/mol. The summed E-state index contributed by atoms with van der Waals surface area (Å²) >= 11 is 0. The number of ether oxygens (including phenoxy) is 12. The van der Waals surface area contributed by atoms with Crippen molar-refractivity contribution < 1.29 is 56.8 Å². The molecule has 53 heavy (non-hydrogen) atoms. The molecule has 0 heterocycles. The molecule has 0 fully saturated rings. The van der Waals surface area contributed by atoms with Crippen LogP contribution in [0.3, 0.4) is 0 Å². The fraction of sp³-hybridized carbons (Fsp3) is 0.385. The van der Waals surface area contributed by atoms with E-state index in [-0.39, 0.29) is 5.40 Å². The third kappa shape index (κ3) is 7.58. The monoisotopic (exact) mass is 772 g/mol. The largest absolute Gasteiger partial charge is 0.493 e. The minimum Gasteiger partial charge on any atom is -0.493 e. The molecule has 0 spiro atoms. The Balaban J connectivity index is 2.29. The van der Waals surface area contributed by atoms with Crippen LogP contribution in [0.1, 0.15) is 13.3 Å². The minimum atomic E-state index is -1.47. The summed E-state index contributed by atoms with van der Waals surface area (Å²) in [5.74, 6) is 6.09. The van der Waals surface area contributed by atoms with Gasteiger partial charge in [0, 0.05) is 26.6 Å². The van der Waals surface area contributed by atoms with Crippen molar-refractivity contribution in [3.8, 4) is 69.0 Å². The lowest BCUT2D eigenvalue weighted by molar-refractivity contribution is 0.325. The summed E-state index contributed by atoms with van der Waals surface area (Å²) in [6, 6.07) is 15.7. The van der Waals surface area contributed by atoms with Gasteiger partial charge in [-0.2, -0.15) is 0 Å². The van der Waals surface area contributed by atoms with Crippen LogP contribution in [0.5, 0.6) is 69.0 Å². The van der Waals surface area contributed by atoms with Crippen molar-refractivity contribution in [3.63, 3.8) is 0 Å². The lowest BCUT2D eigenvalue weighted by Crippen LogP contribution is -2.30. The molecule has 0 aromatic heterocycles. The van der Waals surface area contributed by atoms with E-state index in [1.807, 2.05) is 48.5 Å². The molecular weight excluding hydrogens is 722 g/mol. The van der Waals surface area contributed by atoms with Gasteiger partial charge in [0.1, 0.15) is 0 Å². The molecule has 0 unspecified atom stereocenters. The molecule has 14 heteroatoms. The normalized spacial score (nSPS) is 10.9. The van der Waals surface area contributed by atoms with Crippen molar-refractivity contribution in [1.82, 2.24) is 0 Å². The van der Waals surface area contributed by atoms with Gasteiger partial charge in [-0.3, -0.25) is 0 Å². The fourth-order valence-corrected chi connectivity index (χ4v) is 14.0. The van der Waals surface area contributed by atoms with Crippen LogP contribution >= 0.6 is 15.8 Å². The summed E-state index contributed by atoms with van der Waals surface area (Å²) in [6.07, 6.45) is 0.668. The summed E-state index contributed by atoms with van der Waals surface area (Å²) in [6.45, 7) is 2.16. The Labute approximate surface area is 314 Å². The second kappa shape index (κ2) is 18.9. The molecule has 4 rings (SSSR count). The average molecular weight is 773 g/mol. The summed E-state index contributed by atoms with van der Waals surface area (Å²) in [4.78, 5) is 0. The lowest BCUT2D eigenvalue weighted by Gasteiger charge is -2.38. The van der Waals surface area contributed by atoms with Crippen LogP contribution in [0.25, 0.3) is 0 Å². The van der Waals surface area contributed by atoms with Crippen molar-refractivity contribution in [2.45, 2.75) is 18.7 Å². The fourth-order valence-electron chi connectivity index (χ4n) is 6.48. The second-order valence-corrected chi connectivity index (χ2v) is 16.1. The highest BCUT2D eigenvalue weighted by Gasteiger charge is 2.41. The van der Waals surface area contributed by atoms with Gasteiger partial charge in [0.05, 0.1) is 85.3 Å². The van der Waals surface area contributed by atoms with E-state index in [4.69, 9.17) is 56.8 Å². The summed E-state index contributed by atoms with van der Waals surface area (Å²) in [5, 5.41) is 3.33. The van der Waals surface area contributed by atoms with Crippen LogP contribution < -0.4 is 78.1 Å². The molecule has 0 atom stereocenters. The molecule has 0 aliphatic heterocycles. The highest BCUT2D eigenvalue weighted by atomic mass is 31.2.